The number of ether oxygens (including phenoxy) is 2. The molecular formula is C33H25BrN2O4S2. The summed E-state index contributed by atoms with van der Waals surface area (Å²) in [6.07, 6.45) is 1.85. The van der Waals surface area contributed by atoms with E-state index in [0.29, 0.717) is 27.2 Å². The molecule has 0 N–H and O–H groups in total. The molecule has 0 radical (unpaired) electrons. The Bertz CT molecular complexity index is 1930. The SMILES string of the molecule is CCOC(=O)C1=C(c2ccccc2)N=c2s/c(=C\c3ccc(OCc4ccc(Br)cc4)cc3)c(=O)n2[C@H]1c1cccs1. The quantitative estimate of drug-likeness (QED) is 0.183. The molecule has 9 heteroatoms. The maximum absolute atomic E-state index is 13.9. The van der Waals surface area contributed by atoms with Gasteiger partial charge in [0, 0.05) is 14.9 Å². The number of esters is 1. The van der Waals surface area contributed by atoms with Crippen LogP contribution in [-0.4, -0.2) is 17.1 Å². The number of hydrogen-bond acceptors (Lipinski definition) is 7. The fraction of sp³-hybridized carbons (Fsp3) is 0.121. The van der Waals surface area contributed by atoms with Crippen molar-refractivity contribution >= 4 is 56.3 Å². The predicted octanol–water partition coefficient (Wildman–Crippen LogP) is 6.34. The van der Waals surface area contributed by atoms with E-state index < -0.39 is 12.0 Å². The first-order chi connectivity index (χ1) is 20.5. The average Bonchev–Trinajstić information content (AvgIpc) is 3.66. The van der Waals surface area contributed by atoms with Crippen LogP contribution in [0.15, 0.2) is 116 Å². The van der Waals surface area contributed by atoms with Gasteiger partial charge in [-0.2, -0.15) is 0 Å². The van der Waals surface area contributed by atoms with E-state index in [1.807, 2.05) is 102 Å². The van der Waals surface area contributed by atoms with E-state index >= 15 is 0 Å². The zero-order chi connectivity index (χ0) is 29.1. The van der Waals surface area contributed by atoms with Gasteiger partial charge < -0.3 is 9.47 Å². The second-order valence-electron chi connectivity index (χ2n) is 9.43. The van der Waals surface area contributed by atoms with Crippen molar-refractivity contribution in [2.45, 2.75) is 19.6 Å². The third kappa shape index (κ3) is 5.81. The highest BCUT2D eigenvalue weighted by atomic mass is 79.9. The Morgan fingerprint density at radius 2 is 1.76 bits per heavy atom. The molecule has 2 aromatic heterocycles. The van der Waals surface area contributed by atoms with Crippen molar-refractivity contribution in [2.24, 2.45) is 4.99 Å². The molecule has 0 aliphatic carbocycles. The first-order valence-electron chi connectivity index (χ1n) is 13.3. The van der Waals surface area contributed by atoms with Gasteiger partial charge >= 0.3 is 5.97 Å². The number of halogens is 1. The number of rotatable bonds is 8. The summed E-state index contributed by atoms with van der Waals surface area (Å²) in [6.45, 7) is 2.45. The third-order valence-electron chi connectivity index (χ3n) is 6.68. The molecule has 0 amide bonds. The summed E-state index contributed by atoms with van der Waals surface area (Å²) < 4.78 is 14.6. The Hall–Kier alpha value is -4.05. The van der Waals surface area contributed by atoms with Crippen molar-refractivity contribution in [3.05, 3.63) is 148 Å². The number of fused-ring (bicyclic) bond motifs is 1. The van der Waals surface area contributed by atoms with Crippen LogP contribution in [0, 0.1) is 0 Å². The highest BCUT2D eigenvalue weighted by molar-refractivity contribution is 9.10. The van der Waals surface area contributed by atoms with E-state index in [1.165, 1.54) is 22.7 Å². The van der Waals surface area contributed by atoms with Gasteiger partial charge in [0.05, 0.1) is 22.4 Å². The lowest BCUT2D eigenvalue weighted by atomic mass is 9.97. The van der Waals surface area contributed by atoms with Crippen molar-refractivity contribution in [1.82, 2.24) is 4.57 Å². The highest BCUT2D eigenvalue weighted by Crippen LogP contribution is 2.36. The van der Waals surface area contributed by atoms with Crippen molar-refractivity contribution in [2.75, 3.05) is 6.61 Å². The number of thiophene rings is 1. The van der Waals surface area contributed by atoms with Gasteiger partial charge in [0.25, 0.3) is 5.56 Å². The Balaban J connectivity index is 1.40. The van der Waals surface area contributed by atoms with Crippen LogP contribution in [0.25, 0.3) is 11.8 Å². The summed E-state index contributed by atoms with van der Waals surface area (Å²) in [5, 5.41) is 1.94. The Morgan fingerprint density at radius 1 is 1.00 bits per heavy atom. The number of nitrogens with zero attached hydrogens (tertiary/aromatic N) is 2. The molecule has 0 fully saturated rings. The van der Waals surface area contributed by atoms with Gasteiger partial charge in [0.2, 0.25) is 0 Å². The minimum absolute atomic E-state index is 0.207. The summed E-state index contributed by atoms with van der Waals surface area (Å²) in [6, 6.07) is 28.4. The van der Waals surface area contributed by atoms with Gasteiger partial charge in [-0.15, -0.1) is 11.3 Å². The molecule has 3 heterocycles. The summed E-state index contributed by atoms with van der Waals surface area (Å²) in [5.74, 6) is 0.257. The summed E-state index contributed by atoms with van der Waals surface area (Å²) in [5.41, 5.74) is 3.39. The fourth-order valence-corrected chi connectivity index (χ4v) is 6.80. The molecule has 210 valence electrons. The minimum atomic E-state index is -0.646. The van der Waals surface area contributed by atoms with Gasteiger partial charge in [-0.25, -0.2) is 9.79 Å². The largest absolute Gasteiger partial charge is 0.489 e. The van der Waals surface area contributed by atoms with Crippen LogP contribution in [-0.2, 0) is 16.1 Å². The molecule has 0 unspecified atom stereocenters. The Morgan fingerprint density at radius 3 is 2.45 bits per heavy atom. The number of thiazole rings is 1. The van der Waals surface area contributed by atoms with Gasteiger partial charge in [0.15, 0.2) is 4.80 Å². The van der Waals surface area contributed by atoms with Gasteiger partial charge in [-0.3, -0.25) is 9.36 Å². The molecule has 5 aromatic rings. The number of aromatic nitrogens is 1. The molecule has 1 aliphatic rings. The second kappa shape index (κ2) is 12.4. The van der Waals surface area contributed by atoms with Crippen molar-refractivity contribution in [3.8, 4) is 5.75 Å². The zero-order valence-electron chi connectivity index (χ0n) is 22.5. The topological polar surface area (TPSA) is 69.9 Å². The van der Waals surface area contributed by atoms with Crippen LogP contribution in [0.5, 0.6) is 5.75 Å². The number of benzene rings is 3. The molecule has 0 saturated carbocycles. The number of carbonyl (C=O) groups excluding carboxylic acids is 1. The molecule has 3 aromatic carbocycles. The third-order valence-corrected chi connectivity index (χ3v) is 9.12. The minimum Gasteiger partial charge on any atom is -0.489 e. The first kappa shape index (κ1) is 28.1. The molecule has 0 spiro atoms. The van der Waals surface area contributed by atoms with E-state index in [0.717, 1.165) is 31.8 Å². The van der Waals surface area contributed by atoms with E-state index in [2.05, 4.69) is 15.9 Å². The number of carbonyl (C=O) groups is 1. The zero-order valence-corrected chi connectivity index (χ0v) is 25.7. The summed E-state index contributed by atoms with van der Waals surface area (Å²) in [7, 11) is 0. The van der Waals surface area contributed by atoms with Gasteiger partial charge in [-0.05, 0) is 59.8 Å². The predicted molar refractivity (Wildman–Crippen MR) is 170 cm³/mol. The van der Waals surface area contributed by atoms with Crippen LogP contribution in [0.3, 0.4) is 0 Å². The van der Waals surface area contributed by atoms with Crippen LogP contribution in [0.2, 0.25) is 0 Å². The van der Waals surface area contributed by atoms with E-state index in [4.69, 9.17) is 14.5 Å². The Kier molecular flexibility index (Phi) is 8.32. The van der Waals surface area contributed by atoms with Crippen LogP contribution < -0.4 is 19.6 Å². The van der Waals surface area contributed by atoms with Crippen molar-refractivity contribution in [1.29, 1.82) is 0 Å². The van der Waals surface area contributed by atoms with Gasteiger partial charge in [0.1, 0.15) is 18.4 Å². The maximum Gasteiger partial charge on any atom is 0.338 e. The average molecular weight is 658 g/mol. The smallest absolute Gasteiger partial charge is 0.338 e. The monoisotopic (exact) mass is 656 g/mol. The summed E-state index contributed by atoms with van der Waals surface area (Å²) in [4.78, 5) is 33.6. The van der Waals surface area contributed by atoms with Crippen LogP contribution in [0.4, 0.5) is 0 Å². The molecule has 1 atom stereocenters. The second-order valence-corrected chi connectivity index (χ2v) is 12.3. The molecule has 0 bridgehead atoms. The van der Waals surface area contributed by atoms with Crippen LogP contribution in [0.1, 0.15) is 34.5 Å². The molecular weight excluding hydrogens is 632 g/mol. The fourth-order valence-electron chi connectivity index (χ4n) is 4.72. The van der Waals surface area contributed by atoms with Crippen molar-refractivity contribution < 1.29 is 14.3 Å². The number of hydrogen-bond donors (Lipinski definition) is 0. The molecule has 42 heavy (non-hydrogen) atoms. The maximum atomic E-state index is 13.9. The molecule has 0 saturated heterocycles. The first-order valence-corrected chi connectivity index (χ1v) is 15.8. The molecule has 6 rings (SSSR count). The lowest BCUT2D eigenvalue weighted by Gasteiger charge is -2.24. The Labute approximate surface area is 258 Å². The van der Waals surface area contributed by atoms with Gasteiger partial charge in [-0.1, -0.05) is 87.9 Å². The lowest BCUT2D eigenvalue weighted by Crippen LogP contribution is -2.39. The standard InChI is InChI=1S/C33H25BrN2O4S2/c1-2-39-32(38)28-29(23-7-4-3-5-8-23)35-33-36(30(28)26-9-6-18-41-26)31(37)27(42-33)19-21-12-16-25(17-13-21)40-20-22-10-14-24(34)15-11-22/h3-19,30H,2,20H2,1H3/b27-19-/t30-/m0/s1. The molecule has 1 aliphatic heterocycles. The molecule has 6 nitrogen and oxygen atoms in total. The lowest BCUT2D eigenvalue weighted by molar-refractivity contribution is -0.138. The van der Waals surface area contributed by atoms with E-state index in [9.17, 15) is 9.59 Å². The summed E-state index contributed by atoms with van der Waals surface area (Å²) >= 11 is 6.25. The van der Waals surface area contributed by atoms with E-state index in [1.54, 1.807) is 11.5 Å². The highest BCUT2D eigenvalue weighted by Gasteiger charge is 2.35. The van der Waals surface area contributed by atoms with E-state index in [-0.39, 0.29) is 12.2 Å². The normalized spacial score (nSPS) is 14.8. The van der Waals surface area contributed by atoms with Crippen molar-refractivity contribution in [3.63, 3.8) is 0 Å². The van der Waals surface area contributed by atoms with Crippen LogP contribution >= 0.6 is 38.6 Å².